The van der Waals surface area contributed by atoms with Gasteiger partial charge >= 0.3 is 0 Å². The van der Waals surface area contributed by atoms with Crippen LogP contribution >= 0.6 is 0 Å². The summed E-state index contributed by atoms with van der Waals surface area (Å²) in [4.78, 5) is 4.39. The molecule has 1 aromatic carbocycles. The number of hydrogen-bond donors (Lipinski definition) is 2. The summed E-state index contributed by atoms with van der Waals surface area (Å²) in [5, 5.41) is 4.39. The third-order valence-corrected chi connectivity index (χ3v) is 2.90. The van der Waals surface area contributed by atoms with Crippen LogP contribution in [-0.4, -0.2) is 25.2 Å². The highest BCUT2D eigenvalue weighted by atomic mass is 16.5. The Kier molecular flexibility index (Phi) is 3.99. The average molecular weight is 245 g/mol. The summed E-state index contributed by atoms with van der Waals surface area (Å²) in [5.74, 6) is 0.450. The topological polar surface area (TPSA) is 60.2 Å². The predicted octanol–water partition coefficient (Wildman–Crippen LogP) is 2.51. The molecule has 0 spiro atoms. The Morgan fingerprint density at radius 1 is 1.39 bits per heavy atom. The van der Waals surface area contributed by atoms with Gasteiger partial charge in [0.15, 0.2) is 0 Å². The van der Waals surface area contributed by atoms with E-state index in [2.05, 4.69) is 17.2 Å². The number of aromatic nitrogens is 1. The third kappa shape index (κ3) is 2.71. The van der Waals surface area contributed by atoms with Crippen LogP contribution in [0.25, 0.3) is 10.9 Å². The smallest absolute Gasteiger partial charge is 0.0953 e. The number of hydrogen-bond acceptors (Lipinski definition) is 4. The lowest BCUT2D eigenvalue weighted by Crippen LogP contribution is -2.16. The van der Waals surface area contributed by atoms with E-state index in [1.54, 1.807) is 13.3 Å². The van der Waals surface area contributed by atoms with Crippen molar-refractivity contribution in [2.24, 2.45) is 5.92 Å². The second-order valence-electron chi connectivity index (χ2n) is 4.54. The van der Waals surface area contributed by atoms with E-state index in [1.165, 1.54) is 0 Å². The van der Waals surface area contributed by atoms with Gasteiger partial charge in [0, 0.05) is 30.9 Å². The molecular formula is C14H19N3O. The van der Waals surface area contributed by atoms with Gasteiger partial charge in [-0.2, -0.15) is 0 Å². The van der Waals surface area contributed by atoms with Gasteiger partial charge in [-0.3, -0.25) is 4.98 Å². The van der Waals surface area contributed by atoms with E-state index < -0.39 is 0 Å². The van der Waals surface area contributed by atoms with Crippen LogP contribution in [-0.2, 0) is 4.74 Å². The highest BCUT2D eigenvalue weighted by Crippen LogP contribution is 2.26. The maximum Gasteiger partial charge on any atom is 0.0953 e. The van der Waals surface area contributed by atoms with E-state index in [9.17, 15) is 0 Å². The number of anilines is 2. The van der Waals surface area contributed by atoms with Gasteiger partial charge < -0.3 is 15.8 Å². The lowest BCUT2D eigenvalue weighted by molar-refractivity contribution is 0.164. The Bertz CT molecular complexity index is 527. The van der Waals surface area contributed by atoms with Gasteiger partial charge in [-0.05, 0) is 30.2 Å². The summed E-state index contributed by atoms with van der Waals surface area (Å²) in [6, 6.07) is 7.77. The Balaban J connectivity index is 2.21. The highest BCUT2D eigenvalue weighted by Gasteiger charge is 2.06. The van der Waals surface area contributed by atoms with Crippen LogP contribution in [0.1, 0.15) is 6.92 Å². The SMILES string of the molecule is COCC(C)CNc1ccc(N)c2cccnc12. The molecule has 2 aromatic rings. The lowest BCUT2D eigenvalue weighted by atomic mass is 10.1. The molecule has 0 bridgehead atoms. The summed E-state index contributed by atoms with van der Waals surface area (Å²) < 4.78 is 5.12. The average Bonchev–Trinajstić information content (AvgIpc) is 2.39. The number of pyridine rings is 1. The van der Waals surface area contributed by atoms with E-state index >= 15 is 0 Å². The maximum atomic E-state index is 5.94. The van der Waals surface area contributed by atoms with E-state index in [0.717, 1.165) is 35.4 Å². The number of ether oxygens (including phenoxy) is 1. The molecule has 96 valence electrons. The highest BCUT2D eigenvalue weighted by molar-refractivity contribution is 5.98. The lowest BCUT2D eigenvalue weighted by Gasteiger charge is -2.14. The molecule has 0 fully saturated rings. The quantitative estimate of drug-likeness (QED) is 0.795. The molecule has 0 aliphatic carbocycles. The first-order chi connectivity index (χ1) is 8.72. The Labute approximate surface area is 107 Å². The molecule has 0 amide bonds. The van der Waals surface area contributed by atoms with E-state index in [1.807, 2.05) is 24.3 Å². The second-order valence-corrected chi connectivity index (χ2v) is 4.54. The van der Waals surface area contributed by atoms with Crippen molar-refractivity contribution in [1.29, 1.82) is 0 Å². The first-order valence-corrected chi connectivity index (χ1v) is 6.08. The van der Waals surface area contributed by atoms with Gasteiger partial charge in [-0.25, -0.2) is 0 Å². The molecular weight excluding hydrogens is 226 g/mol. The molecule has 2 rings (SSSR count). The maximum absolute atomic E-state index is 5.94. The van der Waals surface area contributed by atoms with Crippen LogP contribution in [0.15, 0.2) is 30.5 Å². The molecule has 4 heteroatoms. The van der Waals surface area contributed by atoms with E-state index in [-0.39, 0.29) is 0 Å². The van der Waals surface area contributed by atoms with Crippen molar-refractivity contribution < 1.29 is 4.74 Å². The molecule has 1 heterocycles. The van der Waals surface area contributed by atoms with E-state index in [4.69, 9.17) is 10.5 Å². The van der Waals surface area contributed by atoms with Crippen molar-refractivity contribution in [3.05, 3.63) is 30.5 Å². The molecule has 0 saturated carbocycles. The first-order valence-electron chi connectivity index (χ1n) is 6.08. The third-order valence-electron chi connectivity index (χ3n) is 2.90. The van der Waals surface area contributed by atoms with Crippen LogP contribution in [0.5, 0.6) is 0 Å². The van der Waals surface area contributed by atoms with Crippen LogP contribution < -0.4 is 11.1 Å². The number of nitrogen functional groups attached to an aromatic ring is 1. The fourth-order valence-corrected chi connectivity index (χ4v) is 1.96. The molecule has 3 N–H and O–H groups in total. The minimum Gasteiger partial charge on any atom is -0.398 e. The summed E-state index contributed by atoms with van der Waals surface area (Å²) in [6.45, 7) is 3.74. The monoisotopic (exact) mass is 245 g/mol. The summed E-state index contributed by atoms with van der Waals surface area (Å²) in [5.41, 5.74) is 8.63. The van der Waals surface area contributed by atoms with Crippen molar-refractivity contribution >= 4 is 22.3 Å². The minimum atomic E-state index is 0.450. The number of fused-ring (bicyclic) bond motifs is 1. The zero-order valence-electron chi connectivity index (χ0n) is 10.8. The van der Waals surface area contributed by atoms with Gasteiger partial charge in [0.2, 0.25) is 0 Å². The number of benzene rings is 1. The molecule has 0 saturated heterocycles. The molecule has 1 aromatic heterocycles. The predicted molar refractivity (Wildman–Crippen MR) is 75.7 cm³/mol. The Morgan fingerprint density at radius 3 is 3.00 bits per heavy atom. The fourth-order valence-electron chi connectivity index (χ4n) is 1.96. The van der Waals surface area contributed by atoms with Crippen LogP contribution in [0.3, 0.4) is 0 Å². The molecule has 1 atom stereocenters. The van der Waals surface area contributed by atoms with Crippen LogP contribution in [0, 0.1) is 5.92 Å². The molecule has 0 radical (unpaired) electrons. The number of nitrogens with zero attached hydrogens (tertiary/aromatic N) is 1. The molecule has 18 heavy (non-hydrogen) atoms. The van der Waals surface area contributed by atoms with Crippen LogP contribution in [0.2, 0.25) is 0 Å². The van der Waals surface area contributed by atoms with Crippen molar-refractivity contribution in [2.45, 2.75) is 6.92 Å². The Hall–Kier alpha value is -1.81. The zero-order chi connectivity index (χ0) is 13.0. The molecule has 4 nitrogen and oxygen atoms in total. The zero-order valence-corrected chi connectivity index (χ0v) is 10.8. The normalized spacial score (nSPS) is 12.6. The van der Waals surface area contributed by atoms with Gasteiger partial charge in [-0.15, -0.1) is 0 Å². The van der Waals surface area contributed by atoms with Crippen molar-refractivity contribution in [1.82, 2.24) is 4.98 Å². The number of methoxy groups -OCH3 is 1. The largest absolute Gasteiger partial charge is 0.398 e. The van der Waals surface area contributed by atoms with Crippen LogP contribution in [0.4, 0.5) is 11.4 Å². The standard InChI is InChI=1S/C14H19N3O/c1-10(9-18-2)8-17-13-6-5-12(15)11-4-3-7-16-14(11)13/h3-7,10,17H,8-9,15H2,1-2H3. The first kappa shape index (κ1) is 12.6. The fraction of sp³-hybridized carbons (Fsp3) is 0.357. The van der Waals surface area contributed by atoms with Gasteiger partial charge in [0.1, 0.15) is 0 Å². The minimum absolute atomic E-state index is 0.450. The molecule has 0 aliphatic rings. The van der Waals surface area contributed by atoms with E-state index in [0.29, 0.717) is 5.92 Å². The number of rotatable bonds is 5. The number of nitrogens with one attached hydrogen (secondary N) is 1. The van der Waals surface area contributed by atoms with Gasteiger partial charge in [0.05, 0.1) is 17.8 Å². The molecule has 0 aliphatic heterocycles. The summed E-state index contributed by atoms with van der Waals surface area (Å²) in [6.07, 6.45) is 1.78. The number of nitrogens with two attached hydrogens (primary N) is 1. The molecule has 1 unspecified atom stereocenters. The van der Waals surface area contributed by atoms with Gasteiger partial charge in [0.25, 0.3) is 0 Å². The summed E-state index contributed by atoms with van der Waals surface area (Å²) >= 11 is 0. The van der Waals surface area contributed by atoms with Crippen molar-refractivity contribution in [3.63, 3.8) is 0 Å². The van der Waals surface area contributed by atoms with Crippen molar-refractivity contribution in [3.8, 4) is 0 Å². The Morgan fingerprint density at radius 2 is 2.22 bits per heavy atom. The van der Waals surface area contributed by atoms with Crippen molar-refractivity contribution in [2.75, 3.05) is 31.3 Å². The summed E-state index contributed by atoms with van der Waals surface area (Å²) in [7, 11) is 1.72. The second kappa shape index (κ2) is 5.69. The van der Waals surface area contributed by atoms with Gasteiger partial charge in [-0.1, -0.05) is 6.92 Å².